The molecule has 1 amide bonds. The maximum atomic E-state index is 13.1. The predicted octanol–water partition coefficient (Wildman–Crippen LogP) is 5.41. The highest BCUT2D eigenvalue weighted by molar-refractivity contribution is 7.92. The van der Waals surface area contributed by atoms with Crippen molar-refractivity contribution in [3.8, 4) is 11.1 Å². The second-order valence-electron chi connectivity index (χ2n) is 6.83. The molecule has 0 radical (unpaired) electrons. The van der Waals surface area contributed by atoms with E-state index in [2.05, 4.69) is 10.0 Å². The average molecular weight is 429 g/mol. The van der Waals surface area contributed by atoms with Crippen molar-refractivity contribution in [2.24, 2.45) is 0 Å². The van der Waals surface area contributed by atoms with Gasteiger partial charge in [-0.3, -0.25) is 9.52 Å². The fourth-order valence-corrected chi connectivity index (χ4v) is 4.33. The maximum Gasteiger partial charge on any atom is 0.261 e. The third-order valence-corrected chi connectivity index (χ3v) is 6.11. The van der Waals surface area contributed by atoms with Gasteiger partial charge >= 0.3 is 0 Å². The van der Waals surface area contributed by atoms with E-state index in [0.717, 1.165) is 11.1 Å². The lowest BCUT2D eigenvalue weighted by atomic mass is 10.0. The Labute approximate surface area is 181 Å². The largest absolute Gasteiger partial charge is 0.321 e. The third kappa shape index (κ3) is 4.65. The number of nitrogens with one attached hydrogen (secondary N) is 2. The van der Waals surface area contributed by atoms with E-state index in [1.165, 1.54) is 12.1 Å². The summed E-state index contributed by atoms with van der Waals surface area (Å²) in [7, 11) is -3.82. The minimum absolute atomic E-state index is 0.125. The zero-order valence-electron chi connectivity index (χ0n) is 16.5. The van der Waals surface area contributed by atoms with Crippen LogP contribution in [0, 0.1) is 0 Å². The molecule has 4 rings (SSSR count). The molecule has 0 aliphatic heterocycles. The second-order valence-corrected chi connectivity index (χ2v) is 8.51. The molecule has 2 N–H and O–H groups in total. The van der Waals surface area contributed by atoms with E-state index in [1.807, 2.05) is 54.6 Å². The van der Waals surface area contributed by atoms with E-state index in [9.17, 15) is 13.2 Å². The number of carbonyl (C=O) groups excluding carboxylic acids is 1. The number of rotatable bonds is 6. The van der Waals surface area contributed by atoms with Crippen LogP contribution in [-0.4, -0.2) is 14.3 Å². The van der Waals surface area contributed by atoms with Gasteiger partial charge in [0.15, 0.2) is 0 Å². The van der Waals surface area contributed by atoms with Gasteiger partial charge in [-0.15, -0.1) is 0 Å². The van der Waals surface area contributed by atoms with Crippen LogP contribution in [0.5, 0.6) is 0 Å². The van der Waals surface area contributed by atoms with Gasteiger partial charge in [0.05, 0.1) is 16.1 Å². The van der Waals surface area contributed by atoms with Crippen molar-refractivity contribution in [2.75, 3.05) is 10.0 Å². The first-order valence-electron chi connectivity index (χ1n) is 9.67. The van der Waals surface area contributed by atoms with E-state index in [1.54, 1.807) is 42.5 Å². The van der Waals surface area contributed by atoms with E-state index in [4.69, 9.17) is 0 Å². The normalized spacial score (nSPS) is 11.0. The van der Waals surface area contributed by atoms with E-state index in [-0.39, 0.29) is 16.1 Å². The van der Waals surface area contributed by atoms with Gasteiger partial charge in [0.2, 0.25) is 0 Å². The molecule has 4 aromatic carbocycles. The topological polar surface area (TPSA) is 75.3 Å². The minimum atomic E-state index is -3.82. The molecule has 0 heterocycles. The Morgan fingerprint density at radius 3 is 1.87 bits per heavy atom. The Morgan fingerprint density at radius 1 is 0.613 bits per heavy atom. The highest BCUT2D eigenvalue weighted by Gasteiger charge is 2.19. The Hall–Kier alpha value is -3.90. The fraction of sp³-hybridized carbons (Fsp3) is 0. The number of sulfonamides is 1. The molecule has 0 spiro atoms. The SMILES string of the molecule is O=C(Nc1ccccc1-c1ccccc1)c1ccccc1NS(=O)(=O)c1ccccc1. The Morgan fingerprint density at radius 2 is 1.16 bits per heavy atom. The van der Waals surface area contributed by atoms with Gasteiger partial charge in [0.25, 0.3) is 15.9 Å². The minimum Gasteiger partial charge on any atom is -0.321 e. The van der Waals surface area contributed by atoms with Crippen LogP contribution in [0.3, 0.4) is 0 Å². The molecule has 5 nitrogen and oxygen atoms in total. The number of para-hydroxylation sites is 2. The van der Waals surface area contributed by atoms with Crippen molar-refractivity contribution in [1.82, 2.24) is 0 Å². The van der Waals surface area contributed by atoms with Crippen molar-refractivity contribution < 1.29 is 13.2 Å². The van der Waals surface area contributed by atoms with Crippen LogP contribution >= 0.6 is 0 Å². The zero-order valence-corrected chi connectivity index (χ0v) is 17.3. The van der Waals surface area contributed by atoms with Gasteiger partial charge in [-0.05, 0) is 35.9 Å². The van der Waals surface area contributed by atoms with Crippen LogP contribution in [0.15, 0.2) is 114 Å². The van der Waals surface area contributed by atoms with Crippen LogP contribution < -0.4 is 10.0 Å². The average Bonchev–Trinajstić information content (AvgIpc) is 2.81. The molecule has 31 heavy (non-hydrogen) atoms. The number of carbonyl (C=O) groups is 1. The molecule has 0 atom stereocenters. The number of hydrogen-bond acceptors (Lipinski definition) is 3. The van der Waals surface area contributed by atoms with Crippen LogP contribution in [0.4, 0.5) is 11.4 Å². The van der Waals surface area contributed by atoms with Crippen molar-refractivity contribution >= 4 is 27.3 Å². The van der Waals surface area contributed by atoms with Gasteiger partial charge in [-0.25, -0.2) is 8.42 Å². The van der Waals surface area contributed by atoms with Gasteiger partial charge < -0.3 is 5.32 Å². The third-order valence-electron chi connectivity index (χ3n) is 4.73. The standard InChI is InChI=1S/C25H20N2O3S/c28-25(26-23-17-9-7-15-21(23)19-11-3-1-4-12-19)22-16-8-10-18-24(22)27-31(29,30)20-13-5-2-6-14-20/h1-18,27H,(H,26,28). The summed E-state index contributed by atoms with van der Waals surface area (Å²) in [6.07, 6.45) is 0. The molecule has 4 aromatic rings. The number of benzene rings is 4. The van der Waals surface area contributed by atoms with Gasteiger partial charge in [-0.2, -0.15) is 0 Å². The summed E-state index contributed by atoms with van der Waals surface area (Å²) < 4.78 is 28.0. The molecule has 0 saturated heterocycles. The highest BCUT2D eigenvalue weighted by Crippen LogP contribution is 2.29. The molecule has 0 unspecified atom stereocenters. The van der Waals surface area contributed by atoms with Crippen molar-refractivity contribution in [1.29, 1.82) is 0 Å². The molecular weight excluding hydrogens is 408 g/mol. The summed E-state index contributed by atoms with van der Waals surface area (Å²) in [5, 5.41) is 2.92. The van der Waals surface area contributed by atoms with Crippen LogP contribution in [0.25, 0.3) is 11.1 Å². The van der Waals surface area contributed by atoms with Crippen molar-refractivity contribution in [2.45, 2.75) is 4.90 Å². The predicted molar refractivity (Wildman–Crippen MR) is 124 cm³/mol. The number of anilines is 2. The summed E-state index contributed by atoms with van der Waals surface area (Å²) in [6, 6.07) is 31.8. The number of amides is 1. The highest BCUT2D eigenvalue weighted by atomic mass is 32.2. The molecule has 6 heteroatoms. The molecule has 154 valence electrons. The first-order valence-corrected chi connectivity index (χ1v) is 11.2. The van der Waals surface area contributed by atoms with E-state index >= 15 is 0 Å². The second kappa shape index (κ2) is 8.85. The van der Waals surface area contributed by atoms with Crippen LogP contribution in [-0.2, 0) is 10.0 Å². The quantitative estimate of drug-likeness (QED) is 0.431. The van der Waals surface area contributed by atoms with Crippen molar-refractivity contribution in [3.63, 3.8) is 0 Å². The molecule has 0 aromatic heterocycles. The van der Waals surface area contributed by atoms with E-state index < -0.39 is 15.9 Å². The molecule has 0 aliphatic carbocycles. The summed E-state index contributed by atoms with van der Waals surface area (Å²) in [5.41, 5.74) is 2.92. The molecule has 0 aliphatic rings. The fourth-order valence-electron chi connectivity index (χ4n) is 3.22. The lowest BCUT2D eigenvalue weighted by Gasteiger charge is -2.15. The zero-order chi connectivity index (χ0) is 21.7. The summed E-state index contributed by atoms with van der Waals surface area (Å²) in [6.45, 7) is 0. The molecule has 0 fully saturated rings. The Kier molecular flexibility index (Phi) is 5.82. The Balaban J connectivity index is 1.63. The monoisotopic (exact) mass is 428 g/mol. The van der Waals surface area contributed by atoms with Crippen LogP contribution in [0.2, 0.25) is 0 Å². The summed E-state index contributed by atoms with van der Waals surface area (Å²) in [5.74, 6) is -0.408. The van der Waals surface area contributed by atoms with E-state index in [0.29, 0.717) is 5.69 Å². The smallest absolute Gasteiger partial charge is 0.261 e. The lowest BCUT2D eigenvalue weighted by molar-refractivity contribution is 0.102. The maximum absolute atomic E-state index is 13.1. The first-order chi connectivity index (χ1) is 15.0. The Bertz CT molecular complexity index is 1300. The van der Waals surface area contributed by atoms with Gasteiger partial charge in [0.1, 0.15) is 0 Å². The first kappa shape index (κ1) is 20.4. The number of hydrogen-bond donors (Lipinski definition) is 2. The van der Waals surface area contributed by atoms with Crippen LogP contribution in [0.1, 0.15) is 10.4 Å². The molecule has 0 bridgehead atoms. The summed E-state index contributed by atoms with van der Waals surface area (Å²) in [4.78, 5) is 13.2. The van der Waals surface area contributed by atoms with Gasteiger partial charge in [0, 0.05) is 11.3 Å². The lowest BCUT2D eigenvalue weighted by Crippen LogP contribution is -2.18. The summed E-state index contributed by atoms with van der Waals surface area (Å²) >= 11 is 0. The van der Waals surface area contributed by atoms with Gasteiger partial charge in [-0.1, -0.05) is 78.9 Å². The van der Waals surface area contributed by atoms with Crippen molar-refractivity contribution in [3.05, 3.63) is 115 Å². The molecule has 0 saturated carbocycles. The molecular formula is C25H20N2O3S.